The molecular weight excluding hydrogens is 497 g/mol. The van der Waals surface area contributed by atoms with Gasteiger partial charge in [-0.2, -0.15) is 0 Å². The minimum Gasteiger partial charge on any atom is -0.325 e. The van der Waals surface area contributed by atoms with Gasteiger partial charge in [0.1, 0.15) is 16.7 Å². The summed E-state index contributed by atoms with van der Waals surface area (Å²) in [5.41, 5.74) is 3.78. The monoisotopic (exact) mass is 517 g/mol. The number of para-hydroxylation sites is 1. The highest BCUT2D eigenvalue weighted by Gasteiger charge is 2.42. The largest absolute Gasteiger partial charge is 0.325 e. The van der Waals surface area contributed by atoms with E-state index in [0.29, 0.717) is 26.8 Å². The Morgan fingerprint density at radius 1 is 0.944 bits per heavy atom. The lowest BCUT2D eigenvalue weighted by Gasteiger charge is -2.17. The average Bonchev–Trinajstić information content (AvgIpc) is 3.29. The Labute approximate surface area is 216 Å². The van der Waals surface area contributed by atoms with Crippen LogP contribution in [-0.2, 0) is 20.9 Å². The molecule has 0 aliphatic carbocycles. The SMILES string of the molecule is Cc1ccc(NC(=O)CN2C(=O)C(=C3SC(=S)N(Cc4ccc(F)cc4)C3=O)c3ccccc32)cc1. The molecule has 0 radical (unpaired) electrons. The first-order valence-corrected chi connectivity index (χ1v) is 12.3. The summed E-state index contributed by atoms with van der Waals surface area (Å²) in [6.07, 6.45) is 0. The van der Waals surface area contributed by atoms with Gasteiger partial charge in [0.05, 0.1) is 22.7 Å². The molecule has 3 amide bonds. The predicted molar refractivity (Wildman–Crippen MR) is 143 cm³/mol. The van der Waals surface area contributed by atoms with Crippen LogP contribution >= 0.6 is 24.0 Å². The number of rotatable bonds is 5. The van der Waals surface area contributed by atoms with Crippen molar-refractivity contribution >= 4 is 63.0 Å². The van der Waals surface area contributed by atoms with Crippen LogP contribution in [0, 0.1) is 12.7 Å². The van der Waals surface area contributed by atoms with Gasteiger partial charge in [0.2, 0.25) is 5.91 Å². The zero-order chi connectivity index (χ0) is 25.4. The molecule has 0 saturated carbocycles. The van der Waals surface area contributed by atoms with Crippen LogP contribution < -0.4 is 10.2 Å². The number of amides is 3. The number of anilines is 2. The number of hydrogen-bond acceptors (Lipinski definition) is 5. The molecule has 0 aromatic heterocycles. The van der Waals surface area contributed by atoms with Gasteiger partial charge in [-0.1, -0.05) is 72.0 Å². The van der Waals surface area contributed by atoms with Crippen LogP contribution in [0.15, 0.2) is 77.7 Å². The van der Waals surface area contributed by atoms with Gasteiger partial charge < -0.3 is 5.32 Å². The molecule has 2 aliphatic heterocycles. The predicted octanol–water partition coefficient (Wildman–Crippen LogP) is 4.89. The maximum atomic E-state index is 13.6. The Morgan fingerprint density at radius 3 is 2.36 bits per heavy atom. The Balaban J connectivity index is 1.42. The summed E-state index contributed by atoms with van der Waals surface area (Å²) in [7, 11) is 0. The quantitative estimate of drug-likeness (QED) is 0.386. The van der Waals surface area contributed by atoms with E-state index < -0.39 is 11.8 Å². The van der Waals surface area contributed by atoms with E-state index in [0.717, 1.165) is 17.3 Å². The van der Waals surface area contributed by atoms with Crippen molar-refractivity contribution in [3.63, 3.8) is 0 Å². The fourth-order valence-corrected chi connectivity index (χ4v) is 5.42. The summed E-state index contributed by atoms with van der Waals surface area (Å²) in [5.74, 6) is -1.55. The molecular formula is C27H20FN3O3S2. The number of aryl methyl sites for hydroxylation is 1. The Morgan fingerprint density at radius 2 is 1.64 bits per heavy atom. The van der Waals surface area contributed by atoms with Gasteiger partial charge in [0.15, 0.2) is 0 Å². The topological polar surface area (TPSA) is 69.7 Å². The molecule has 2 aliphatic rings. The summed E-state index contributed by atoms with van der Waals surface area (Å²) in [4.78, 5) is 42.7. The highest BCUT2D eigenvalue weighted by molar-refractivity contribution is 8.26. The van der Waals surface area contributed by atoms with E-state index in [9.17, 15) is 18.8 Å². The van der Waals surface area contributed by atoms with E-state index in [1.54, 1.807) is 48.5 Å². The summed E-state index contributed by atoms with van der Waals surface area (Å²) in [5, 5.41) is 2.81. The second-order valence-electron chi connectivity index (χ2n) is 8.41. The van der Waals surface area contributed by atoms with E-state index in [-0.39, 0.29) is 35.3 Å². The number of thiocarbonyl (C=S) groups is 1. The Kier molecular flexibility index (Phi) is 6.42. The molecule has 5 rings (SSSR count). The van der Waals surface area contributed by atoms with Crippen LogP contribution in [0.25, 0.3) is 5.57 Å². The fraction of sp³-hybridized carbons (Fsp3) is 0.111. The van der Waals surface area contributed by atoms with Crippen molar-refractivity contribution < 1.29 is 18.8 Å². The van der Waals surface area contributed by atoms with Crippen LogP contribution in [0.3, 0.4) is 0 Å². The van der Waals surface area contributed by atoms with Crippen LogP contribution in [-0.4, -0.2) is 33.5 Å². The van der Waals surface area contributed by atoms with Crippen molar-refractivity contribution in [2.24, 2.45) is 0 Å². The molecule has 0 bridgehead atoms. The van der Waals surface area contributed by atoms with Crippen molar-refractivity contribution in [1.82, 2.24) is 4.90 Å². The Bertz CT molecular complexity index is 1440. The number of thioether (sulfide) groups is 1. The molecule has 0 atom stereocenters. The van der Waals surface area contributed by atoms with Crippen LogP contribution in [0.1, 0.15) is 16.7 Å². The molecule has 6 nitrogen and oxygen atoms in total. The number of fused-ring (bicyclic) bond motifs is 1. The summed E-state index contributed by atoms with van der Waals surface area (Å²) in [6.45, 7) is 1.92. The van der Waals surface area contributed by atoms with Gasteiger partial charge in [-0.15, -0.1) is 0 Å². The van der Waals surface area contributed by atoms with E-state index >= 15 is 0 Å². The van der Waals surface area contributed by atoms with Crippen molar-refractivity contribution in [3.05, 3.63) is 100 Å². The van der Waals surface area contributed by atoms with Crippen LogP contribution in [0.5, 0.6) is 0 Å². The normalized spacial score (nSPS) is 17.1. The van der Waals surface area contributed by atoms with Gasteiger partial charge in [0, 0.05) is 11.3 Å². The third kappa shape index (κ3) is 4.55. The van der Waals surface area contributed by atoms with E-state index in [1.807, 2.05) is 19.1 Å². The highest BCUT2D eigenvalue weighted by atomic mass is 32.2. The molecule has 0 spiro atoms. The summed E-state index contributed by atoms with van der Waals surface area (Å²) in [6, 6.07) is 20.2. The second-order valence-corrected chi connectivity index (χ2v) is 10.1. The maximum Gasteiger partial charge on any atom is 0.267 e. The number of carbonyl (C=O) groups is 3. The third-order valence-electron chi connectivity index (χ3n) is 5.89. The maximum absolute atomic E-state index is 13.6. The van der Waals surface area contributed by atoms with E-state index in [4.69, 9.17) is 12.2 Å². The molecule has 3 aromatic rings. The lowest BCUT2D eigenvalue weighted by molar-refractivity contribution is -0.122. The number of hydrogen-bond donors (Lipinski definition) is 1. The molecule has 180 valence electrons. The van der Waals surface area contributed by atoms with Gasteiger partial charge in [0.25, 0.3) is 11.8 Å². The van der Waals surface area contributed by atoms with Crippen LogP contribution in [0.2, 0.25) is 0 Å². The standard InChI is InChI=1S/C27H20FN3O3S2/c1-16-6-12-19(13-7-16)29-22(32)15-30-21-5-3-2-4-20(21)23(25(30)33)24-26(34)31(27(35)36-24)14-17-8-10-18(28)11-9-17/h2-13H,14-15H2,1H3,(H,29,32). The molecule has 3 aromatic carbocycles. The minimum absolute atomic E-state index is 0.167. The Hall–Kier alpha value is -3.82. The number of nitrogens with one attached hydrogen (secondary N) is 1. The molecule has 36 heavy (non-hydrogen) atoms. The first kappa shape index (κ1) is 23.9. The molecule has 1 N–H and O–H groups in total. The summed E-state index contributed by atoms with van der Waals surface area (Å²) >= 11 is 6.50. The zero-order valence-electron chi connectivity index (χ0n) is 19.2. The highest BCUT2D eigenvalue weighted by Crippen LogP contribution is 2.44. The van der Waals surface area contributed by atoms with Gasteiger partial charge >= 0.3 is 0 Å². The number of halogens is 1. The number of carbonyl (C=O) groups excluding carboxylic acids is 3. The number of benzene rings is 3. The van der Waals surface area contributed by atoms with Crippen molar-refractivity contribution in [1.29, 1.82) is 0 Å². The first-order valence-electron chi connectivity index (χ1n) is 11.1. The molecule has 2 heterocycles. The molecule has 1 saturated heterocycles. The lowest BCUT2D eigenvalue weighted by Crippen LogP contribution is -2.35. The van der Waals surface area contributed by atoms with Gasteiger partial charge in [-0.05, 0) is 42.8 Å². The molecule has 9 heteroatoms. The molecule has 0 unspecified atom stereocenters. The van der Waals surface area contributed by atoms with Crippen molar-refractivity contribution in [3.8, 4) is 0 Å². The van der Waals surface area contributed by atoms with Crippen molar-refractivity contribution in [2.45, 2.75) is 13.5 Å². The first-order chi connectivity index (χ1) is 17.3. The molecule has 1 fully saturated rings. The van der Waals surface area contributed by atoms with Gasteiger partial charge in [-0.3, -0.25) is 24.2 Å². The number of nitrogens with zero attached hydrogens (tertiary/aromatic N) is 2. The van der Waals surface area contributed by atoms with E-state index in [2.05, 4.69) is 5.32 Å². The second kappa shape index (κ2) is 9.67. The smallest absolute Gasteiger partial charge is 0.267 e. The van der Waals surface area contributed by atoms with E-state index in [1.165, 1.54) is 21.9 Å². The third-order valence-corrected chi connectivity index (χ3v) is 7.34. The zero-order valence-corrected chi connectivity index (χ0v) is 20.8. The van der Waals surface area contributed by atoms with Crippen LogP contribution in [0.4, 0.5) is 15.8 Å². The minimum atomic E-state index is -0.433. The average molecular weight is 518 g/mol. The van der Waals surface area contributed by atoms with Gasteiger partial charge in [-0.25, -0.2) is 4.39 Å². The van der Waals surface area contributed by atoms with Crippen molar-refractivity contribution in [2.75, 3.05) is 16.8 Å². The lowest BCUT2D eigenvalue weighted by atomic mass is 10.1. The fourth-order valence-electron chi connectivity index (χ4n) is 4.10. The summed E-state index contributed by atoms with van der Waals surface area (Å²) < 4.78 is 13.6.